The van der Waals surface area contributed by atoms with Crippen molar-refractivity contribution in [2.75, 3.05) is 0 Å². The Balaban J connectivity index is -0.00000000300. The zero-order valence-corrected chi connectivity index (χ0v) is 9.19. The second-order valence-corrected chi connectivity index (χ2v) is 0.346. The monoisotopic (exact) mass is 228 g/mol. The Kier molecular flexibility index (Phi) is 27.0. The fraction of sp³-hybridized carbons (Fsp3) is 0. The average Bonchev–Trinajstić information content (AvgIpc) is 0.811. The van der Waals surface area contributed by atoms with E-state index in [1.165, 1.54) is 0 Å². The van der Waals surface area contributed by atoms with Gasteiger partial charge < -0.3 is 20.8 Å². The molecule has 32 valence electrons. The van der Waals surface area contributed by atoms with E-state index >= 15 is 0 Å². The van der Waals surface area contributed by atoms with E-state index in [2.05, 4.69) is 0 Å². The van der Waals surface area contributed by atoms with Gasteiger partial charge in [0.1, 0.15) is 0 Å². The Morgan fingerprint density at radius 2 is 1.17 bits per heavy atom. The SMILES string of the molecule is OB(O)O.[Ba+2].[H-].[H-].[H-].[H-].[Mg+2]. The predicted molar refractivity (Wildman–Crippen MR) is 28.4 cm³/mol. The summed E-state index contributed by atoms with van der Waals surface area (Å²) in [5.74, 6) is 0. The van der Waals surface area contributed by atoms with Crippen LogP contribution in [0.15, 0.2) is 0 Å². The molecule has 6 heteroatoms. The van der Waals surface area contributed by atoms with E-state index in [9.17, 15) is 0 Å². The molecule has 0 atom stereocenters. The average molecular weight is 227 g/mol. The third kappa shape index (κ3) is 33.6. The molecule has 0 saturated carbocycles. The van der Waals surface area contributed by atoms with Crippen LogP contribution in [0.1, 0.15) is 5.71 Å². The summed E-state index contributed by atoms with van der Waals surface area (Å²) in [4.78, 5) is 0. The van der Waals surface area contributed by atoms with Crippen molar-refractivity contribution >= 4 is 79.3 Å². The summed E-state index contributed by atoms with van der Waals surface area (Å²) >= 11 is 0. The first-order valence-electron chi connectivity index (χ1n) is 0.775. The molecular formula is H7BBaMgO3. The molecule has 0 rings (SSSR count). The van der Waals surface area contributed by atoms with Gasteiger partial charge in [-0.2, -0.15) is 0 Å². The van der Waals surface area contributed by atoms with E-state index < -0.39 is 7.32 Å². The molecule has 0 unspecified atom stereocenters. The fourth-order valence-corrected chi connectivity index (χ4v) is 0. The van der Waals surface area contributed by atoms with Gasteiger partial charge in [-0.3, -0.25) is 0 Å². The second-order valence-electron chi connectivity index (χ2n) is 0.346. The molecule has 0 bridgehead atoms. The summed E-state index contributed by atoms with van der Waals surface area (Å²) in [6.07, 6.45) is 0. The van der Waals surface area contributed by atoms with Crippen LogP contribution >= 0.6 is 0 Å². The van der Waals surface area contributed by atoms with Gasteiger partial charge >= 0.3 is 79.3 Å². The van der Waals surface area contributed by atoms with Gasteiger partial charge in [0.25, 0.3) is 0 Å². The van der Waals surface area contributed by atoms with Gasteiger partial charge in [-0.15, -0.1) is 0 Å². The molecule has 0 saturated heterocycles. The van der Waals surface area contributed by atoms with Gasteiger partial charge in [0.2, 0.25) is 0 Å². The first-order valence-corrected chi connectivity index (χ1v) is 0.775. The Morgan fingerprint density at radius 3 is 1.17 bits per heavy atom. The Morgan fingerprint density at radius 1 is 1.17 bits per heavy atom. The topological polar surface area (TPSA) is 60.7 Å². The summed E-state index contributed by atoms with van der Waals surface area (Å²) in [7, 11) is -2.17. The van der Waals surface area contributed by atoms with Crippen molar-refractivity contribution in [3.05, 3.63) is 0 Å². The largest absolute Gasteiger partial charge is 2.00 e. The van der Waals surface area contributed by atoms with Crippen LogP contribution in [-0.4, -0.2) is 94.3 Å². The maximum Gasteiger partial charge on any atom is 2.00 e. The van der Waals surface area contributed by atoms with Gasteiger partial charge in [0.05, 0.1) is 0 Å². The van der Waals surface area contributed by atoms with Crippen LogP contribution in [0.4, 0.5) is 0 Å². The van der Waals surface area contributed by atoms with Gasteiger partial charge in [-0.25, -0.2) is 0 Å². The molecule has 0 aliphatic rings. The van der Waals surface area contributed by atoms with Crippen LogP contribution in [-0.2, 0) is 0 Å². The molecule has 6 heavy (non-hydrogen) atoms. The van der Waals surface area contributed by atoms with Crippen molar-refractivity contribution in [1.29, 1.82) is 0 Å². The smallest absolute Gasteiger partial charge is 1.00 e. The summed E-state index contributed by atoms with van der Waals surface area (Å²) in [6.45, 7) is 0. The van der Waals surface area contributed by atoms with Crippen LogP contribution < -0.4 is 0 Å². The maximum atomic E-state index is 7.17. The first kappa shape index (κ1) is 15.7. The van der Waals surface area contributed by atoms with Crippen molar-refractivity contribution < 1.29 is 20.8 Å². The Hall–Kier alpha value is 2.28. The molecule has 0 fully saturated rings. The van der Waals surface area contributed by atoms with Crippen molar-refractivity contribution in [3.63, 3.8) is 0 Å². The van der Waals surface area contributed by atoms with E-state index in [4.69, 9.17) is 15.1 Å². The molecule has 0 aromatic heterocycles. The van der Waals surface area contributed by atoms with Crippen LogP contribution in [0.5, 0.6) is 0 Å². The molecule has 0 aromatic rings. The van der Waals surface area contributed by atoms with Gasteiger partial charge in [0, 0.05) is 0 Å². The van der Waals surface area contributed by atoms with E-state index in [1.54, 1.807) is 0 Å². The van der Waals surface area contributed by atoms with E-state index in [1.807, 2.05) is 0 Å². The maximum absolute atomic E-state index is 7.17. The quantitative estimate of drug-likeness (QED) is 0.406. The van der Waals surface area contributed by atoms with Crippen molar-refractivity contribution in [3.8, 4) is 0 Å². The first-order chi connectivity index (χ1) is 1.73. The van der Waals surface area contributed by atoms with Crippen molar-refractivity contribution in [2.24, 2.45) is 0 Å². The van der Waals surface area contributed by atoms with Gasteiger partial charge in [-0.1, -0.05) is 0 Å². The molecule has 0 spiro atoms. The minimum absolute atomic E-state index is 0. The second kappa shape index (κ2) is 10.3. The normalized spacial score (nSPS) is 4.50. The number of hydrogen-bond donors (Lipinski definition) is 3. The number of hydrogen-bond acceptors (Lipinski definition) is 3. The van der Waals surface area contributed by atoms with Gasteiger partial charge in [0.15, 0.2) is 0 Å². The molecule has 0 radical (unpaired) electrons. The summed E-state index contributed by atoms with van der Waals surface area (Å²) in [5, 5.41) is 21.5. The van der Waals surface area contributed by atoms with Crippen molar-refractivity contribution in [1.82, 2.24) is 0 Å². The van der Waals surface area contributed by atoms with E-state index in [-0.39, 0.29) is 77.6 Å². The minimum Gasteiger partial charge on any atom is -1.00 e. The zero-order valence-electron chi connectivity index (χ0n) is 7.33. The molecule has 0 aliphatic heterocycles. The van der Waals surface area contributed by atoms with Crippen molar-refractivity contribution in [2.45, 2.75) is 0 Å². The molecular weight excluding hydrogens is 220 g/mol. The zero-order chi connectivity index (χ0) is 3.58. The molecule has 0 aliphatic carbocycles. The van der Waals surface area contributed by atoms with Crippen LogP contribution in [0.25, 0.3) is 0 Å². The predicted octanol–water partition coefficient (Wildman–Crippen LogP) is -2.36. The van der Waals surface area contributed by atoms with Crippen LogP contribution in [0, 0.1) is 0 Å². The summed E-state index contributed by atoms with van der Waals surface area (Å²) in [5.41, 5.74) is 0. The summed E-state index contributed by atoms with van der Waals surface area (Å²) in [6, 6.07) is 0. The molecule has 3 N–H and O–H groups in total. The number of rotatable bonds is 0. The third-order valence-electron chi connectivity index (χ3n) is 0. The van der Waals surface area contributed by atoms with Crippen LogP contribution in [0.2, 0.25) is 0 Å². The third-order valence-corrected chi connectivity index (χ3v) is 0. The molecule has 0 heterocycles. The Bertz CT molecular complexity index is 25.2. The van der Waals surface area contributed by atoms with Crippen LogP contribution in [0.3, 0.4) is 0 Å². The fourth-order valence-electron chi connectivity index (χ4n) is 0. The van der Waals surface area contributed by atoms with Gasteiger partial charge in [-0.05, 0) is 0 Å². The van der Waals surface area contributed by atoms with E-state index in [0.29, 0.717) is 0 Å². The Labute approximate surface area is 98.5 Å². The molecule has 3 nitrogen and oxygen atoms in total. The molecule has 0 amide bonds. The minimum atomic E-state index is -2.17. The van der Waals surface area contributed by atoms with E-state index in [0.717, 1.165) is 0 Å². The molecule has 0 aromatic carbocycles. The summed E-state index contributed by atoms with van der Waals surface area (Å²) < 4.78 is 0. The standard InChI is InChI=1S/BH3O3.Ba.Mg.4H/c2-1(3)4;;;;;;/h2-4H;;;;;;/q;2*+2;4*-1.